The first-order valence-corrected chi connectivity index (χ1v) is 12.6. The number of benzene rings is 2. The maximum atomic E-state index is 12.6. The largest absolute Gasteiger partial charge is 0.573 e. The fourth-order valence-electron chi connectivity index (χ4n) is 4.60. The van der Waals surface area contributed by atoms with E-state index >= 15 is 0 Å². The molecule has 2 N–H and O–H groups in total. The van der Waals surface area contributed by atoms with Crippen LogP contribution in [-0.4, -0.2) is 54.1 Å². The fourth-order valence-corrected chi connectivity index (χ4v) is 4.60. The van der Waals surface area contributed by atoms with Crippen LogP contribution in [0.25, 0.3) is 22.0 Å². The summed E-state index contributed by atoms with van der Waals surface area (Å²) in [5, 5.41) is 24.2. The first-order valence-electron chi connectivity index (χ1n) is 12.6. The van der Waals surface area contributed by atoms with Crippen molar-refractivity contribution in [2.24, 2.45) is 0 Å². The molecule has 204 valence electrons. The summed E-state index contributed by atoms with van der Waals surface area (Å²) in [7, 11) is 0. The van der Waals surface area contributed by atoms with Gasteiger partial charge in [-0.15, -0.1) is 13.2 Å². The molecular weight excluding hydrogens is 513 g/mol. The number of hydrogen-bond donors (Lipinski definition) is 2. The molecule has 0 radical (unpaired) electrons. The molecule has 0 amide bonds. The van der Waals surface area contributed by atoms with Crippen LogP contribution in [0.2, 0.25) is 0 Å². The minimum atomic E-state index is -4.78. The Hall–Kier alpha value is -4.08. The summed E-state index contributed by atoms with van der Waals surface area (Å²) in [4.78, 5) is 2.26. The zero-order chi connectivity index (χ0) is 27.2. The highest BCUT2D eigenvalue weighted by atomic mass is 19.4. The van der Waals surface area contributed by atoms with E-state index in [2.05, 4.69) is 36.4 Å². The van der Waals surface area contributed by atoms with Crippen LogP contribution >= 0.6 is 0 Å². The summed E-state index contributed by atoms with van der Waals surface area (Å²) >= 11 is 0. The topological polar surface area (TPSA) is 112 Å². The van der Waals surface area contributed by atoms with Gasteiger partial charge in [0.25, 0.3) is 0 Å². The Kier molecular flexibility index (Phi) is 7.99. The normalized spacial score (nSPS) is 13.9. The van der Waals surface area contributed by atoms with Crippen LogP contribution < -0.4 is 15.0 Å². The van der Waals surface area contributed by atoms with Gasteiger partial charge < -0.3 is 24.2 Å². The van der Waals surface area contributed by atoms with Gasteiger partial charge in [0.05, 0.1) is 36.5 Å². The van der Waals surface area contributed by atoms with Crippen molar-refractivity contribution in [2.45, 2.75) is 38.3 Å². The monoisotopic (exact) mass is 540 g/mol. The van der Waals surface area contributed by atoms with Gasteiger partial charge in [-0.1, -0.05) is 11.2 Å². The van der Waals surface area contributed by atoms with Crippen molar-refractivity contribution >= 4 is 16.6 Å². The molecule has 0 atom stereocenters. The Balaban J connectivity index is 1.03. The average molecular weight is 541 g/mol. The number of aromatic nitrogens is 3. The Bertz CT molecular complexity index is 1430. The predicted molar refractivity (Wildman–Crippen MR) is 137 cm³/mol. The molecule has 1 saturated heterocycles. The summed E-state index contributed by atoms with van der Waals surface area (Å²) in [5.41, 5.74) is 5.05. The van der Waals surface area contributed by atoms with Crippen LogP contribution in [0.15, 0.2) is 53.5 Å². The quantitative estimate of drug-likeness (QED) is 0.243. The van der Waals surface area contributed by atoms with Gasteiger partial charge in [-0.3, -0.25) is 5.10 Å². The Morgan fingerprint density at radius 2 is 1.95 bits per heavy atom. The van der Waals surface area contributed by atoms with E-state index in [0.29, 0.717) is 30.8 Å². The number of alkyl halides is 3. The molecule has 1 fully saturated rings. The molecule has 12 heteroatoms. The van der Waals surface area contributed by atoms with Crippen molar-refractivity contribution in [3.8, 4) is 22.9 Å². The van der Waals surface area contributed by atoms with E-state index in [1.54, 1.807) is 18.5 Å². The van der Waals surface area contributed by atoms with Gasteiger partial charge in [-0.2, -0.15) is 10.4 Å². The molecule has 39 heavy (non-hydrogen) atoms. The number of nitrogens with one attached hydrogen (secondary N) is 2. The highest BCUT2D eigenvalue weighted by Crippen LogP contribution is 2.35. The summed E-state index contributed by atoms with van der Waals surface area (Å²) in [5.74, 6) is -0.311. The van der Waals surface area contributed by atoms with Crippen molar-refractivity contribution in [2.75, 3.05) is 31.1 Å². The summed E-state index contributed by atoms with van der Waals surface area (Å²) in [6, 6.07) is 10.4. The SMILES string of the molecule is N#CCc1cc(CNCCCCOC2CN(c3cc(-c4cnoc4)cc4[nH]ncc34)C2)cc(OC(F)(F)F)c1. The molecule has 5 rings (SSSR count). The number of nitriles is 1. The zero-order valence-corrected chi connectivity index (χ0v) is 21.0. The van der Waals surface area contributed by atoms with Gasteiger partial charge in [0.1, 0.15) is 12.0 Å². The standard InChI is InChI=1S/C27H27F3N6O3/c28-27(29,30)39-22-8-18(3-4-31)7-19(9-22)12-32-5-1-2-6-37-23-15-36(16-23)26-11-20(21-13-34-38-17-21)10-25-24(26)14-33-35-25/h7-11,13-14,17,23,32H,1-3,5-6,12,15-16H2,(H,33,35). The minimum Gasteiger partial charge on any atom is -0.406 e. The lowest BCUT2D eigenvalue weighted by Crippen LogP contribution is -2.52. The third kappa shape index (κ3) is 6.87. The predicted octanol–water partition coefficient (Wildman–Crippen LogP) is 4.96. The van der Waals surface area contributed by atoms with Crippen molar-refractivity contribution in [3.05, 3.63) is 60.1 Å². The van der Waals surface area contributed by atoms with Crippen LogP contribution in [0, 0.1) is 11.3 Å². The average Bonchev–Trinajstić information content (AvgIpc) is 3.55. The minimum absolute atomic E-state index is 0.0122. The molecule has 1 aliphatic rings. The van der Waals surface area contributed by atoms with E-state index in [1.807, 2.05) is 18.3 Å². The second kappa shape index (κ2) is 11.8. The molecule has 1 aliphatic heterocycles. The van der Waals surface area contributed by atoms with Gasteiger partial charge in [0.15, 0.2) is 0 Å². The van der Waals surface area contributed by atoms with E-state index in [0.717, 1.165) is 53.6 Å². The van der Waals surface area contributed by atoms with Crippen LogP contribution in [0.1, 0.15) is 24.0 Å². The summed E-state index contributed by atoms with van der Waals surface area (Å²) < 4.78 is 52.9. The molecule has 3 heterocycles. The Morgan fingerprint density at radius 1 is 1.10 bits per heavy atom. The molecule has 0 unspecified atom stereocenters. The van der Waals surface area contributed by atoms with E-state index in [4.69, 9.17) is 14.5 Å². The lowest BCUT2D eigenvalue weighted by atomic mass is 10.0. The number of anilines is 1. The lowest BCUT2D eigenvalue weighted by Gasteiger charge is -2.41. The lowest BCUT2D eigenvalue weighted by molar-refractivity contribution is -0.274. The van der Waals surface area contributed by atoms with Crippen LogP contribution in [0.3, 0.4) is 0 Å². The van der Waals surface area contributed by atoms with Gasteiger partial charge in [-0.25, -0.2) is 0 Å². The number of nitrogens with zero attached hydrogens (tertiary/aromatic N) is 4. The number of halogens is 3. The van der Waals surface area contributed by atoms with E-state index in [1.165, 1.54) is 12.1 Å². The smallest absolute Gasteiger partial charge is 0.406 e. The molecule has 4 aromatic rings. The maximum absolute atomic E-state index is 12.6. The van der Waals surface area contributed by atoms with Gasteiger partial charge in [0, 0.05) is 42.9 Å². The second-order valence-corrected chi connectivity index (χ2v) is 9.39. The van der Waals surface area contributed by atoms with Crippen molar-refractivity contribution in [3.63, 3.8) is 0 Å². The number of ether oxygens (including phenoxy) is 2. The zero-order valence-electron chi connectivity index (χ0n) is 21.0. The molecule has 9 nitrogen and oxygen atoms in total. The molecule has 0 spiro atoms. The van der Waals surface area contributed by atoms with Crippen molar-refractivity contribution in [1.82, 2.24) is 20.7 Å². The van der Waals surface area contributed by atoms with Crippen LogP contribution in [0.5, 0.6) is 5.75 Å². The highest BCUT2D eigenvalue weighted by molar-refractivity contribution is 5.96. The number of aromatic amines is 1. The number of rotatable bonds is 12. The molecular formula is C27H27F3N6O3. The number of unbranched alkanes of at least 4 members (excludes halogenated alkanes) is 1. The van der Waals surface area contributed by atoms with Gasteiger partial charge in [0.2, 0.25) is 0 Å². The Morgan fingerprint density at radius 3 is 2.72 bits per heavy atom. The third-order valence-corrected chi connectivity index (χ3v) is 6.46. The molecule has 2 aromatic carbocycles. The Labute approximate surface area is 222 Å². The van der Waals surface area contributed by atoms with E-state index in [-0.39, 0.29) is 18.3 Å². The maximum Gasteiger partial charge on any atom is 0.573 e. The first kappa shape index (κ1) is 26.5. The fraction of sp³-hybridized carbons (Fsp3) is 0.370. The molecule has 0 bridgehead atoms. The summed E-state index contributed by atoms with van der Waals surface area (Å²) in [6.07, 6.45) is 2.22. The third-order valence-electron chi connectivity index (χ3n) is 6.46. The highest BCUT2D eigenvalue weighted by Gasteiger charge is 2.31. The van der Waals surface area contributed by atoms with Gasteiger partial charge in [-0.05, 0) is 60.3 Å². The summed E-state index contributed by atoms with van der Waals surface area (Å²) in [6.45, 7) is 3.26. The number of hydrogen-bond acceptors (Lipinski definition) is 8. The van der Waals surface area contributed by atoms with Crippen molar-refractivity contribution in [1.29, 1.82) is 5.26 Å². The van der Waals surface area contributed by atoms with Crippen LogP contribution in [0.4, 0.5) is 18.9 Å². The first-order chi connectivity index (χ1) is 18.9. The second-order valence-electron chi connectivity index (χ2n) is 9.39. The van der Waals surface area contributed by atoms with E-state index < -0.39 is 6.36 Å². The molecule has 0 saturated carbocycles. The van der Waals surface area contributed by atoms with Crippen molar-refractivity contribution < 1.29 is 27.2 Å². The van der Waals surface area contributed by atoms with E-state index in [9.17, 15) is 13.2 Å². The van der Waals surface area contributed by atoms with Gasteiger partial charge >= 0.3 is 6.36 Å². The molecule has 0 aliphatic carbocycles. The van der Waals surface area contributed by atoms with Crippen LogP contribution in [-0.2, 0) is 17.7 Å². The molecule has 2 aromatic heterocycles. The number of H-pyrrole nitrogens is 1. The number of fused-ring (bicyclic) bond motifs is 1.